The normalized spacial score (nSPS) is 14.8. The van der Waals surface area contributed by atoms with Gasteiger partial charge in [-0.1, -0.05) is 11.8 Å². The lowest BCUT2D eigenvalue weighted by Crippen LogP contribution is -2.26. The molecular formula is C9H14N2O4S. The number of thioether (sulfide) groups is 1. The molecule has 0 spiro atoms. The molecule has 1 aromatic heterocycles. The fraction of sp³-hybridized carbons (Fsp3) is 0.556. The molecule has 0 fully saturated rings. The van der Waals surface area contributed by atoms with Gasteiger partial charge in [0.05, 0.1) is 11.7 Å². The summed E-state index contributed by atoms with van der Waals surface area (Å²) in [5, 5.41) is 28.1. The molecular weight excluding hydrogens is 232 g/mol. The maximum atomic E-state index is 11.5. The number of hydrogen-bond donors (Lipinski definition) is 4. The molecule has 90 valence electrons. The highest BCUT2D eigenvalue weighted by molar-refractivity contribution is 7.98. The number of hydrogen-bond acceptors (Lipinski definition) is 6. The first-order valence-electron chi connectivity index (χ1n) is 4.70. The molecule has 16 heavy (non-hydrogen) atoms. The first kappa shape index (κ1) is 13.2. The van der Waals surface area contributed by atoms with Gasteiger partial charge in [-0.3, -0.25) is 4.79 Å². The Labute approximate surface area is 96.4 Å². The summed E-state index contributed by atoms with van der Waals surface area (Å²) < 4.78 is 0. The van der Waals surface area contributed by atoms with Crippen LogP contribution in [0.2, 0.25) is 0 Å². The largest absolute Gasteiger partial charge is 0.396 e. The monoisotopic (exact) mass is 246 g/mol. The fourth-order valence-corrected chi connectivity index (χ4v) is 1.55. The number of aliphatic hydroxyl groups excluding tert-OH is 3. The van der Waals surface area contributed by atoms with E-state index in [0.29, 0.717) is 5.16 Å². The molecule has 7 heteroatoms. The zero-order chi connectivity index (χ0) is 12.1. The van der Waals surface area contributed by atoms with E-state index in [-0.39, 0.29) is 18.6 Å². The third kappa shape index (κ3) is 3.05. The first-order valence-corrected chi connectivity index (χ1v) is 5.92. The molecule has 0 saturated carbocycles. The number of aliphatic hydroxyl groups is 3. The Morgan fingerprint density at radius 2 is 2.25 bits per heavy atom. The van der Waals surface area contributed by atoms with Crippen LogP contribution in [0, 0.1) is 0 Å². The molecule has 0 aliphatic heterocycles. The van der Waals surface area contributed by atoms with Crippen LogP contribution >= 0.6 is 11.8 Å². The Morgan fingerprint density at radius 3 is 2.75 bits per heavy atom. The van der Waals surface area contributed by atoms with Gasteiger partial charge in [-0.2, -0.15) is 0 Å². The summed E-state index contributed by atoms with van der Waals surface area (Å²) in [6, 6.07) is 0. The van der Waals surface area contributed by atoms with Gasteiger partial charge in [-0.05, 0) is 12.7 Å². The maximum absolute atomic E-state index is 11.5. The van der Waals surface area contributed by atoms with E-state index in [1.54, 1.807) is 6.26 Å². The van der Waals surface area contributed by atoms with Crippen molar-refractivity contribution in [3.05, 3.63) is 22.1 Å². The van der Waals surface area contributed by atoms with Gasteiger partial charge in [-0.15, -0.1) is 0 Å². The molecule has 0 aliphatic carbocycles. The summed E-state index contributed by atoms with van der Waals surface area (Å²) in [4.78, 5) is 17.9. The van der Waals surface area contributed by atoms with E-state index in [0.717, 1.165) is 0 Å². The van der Waals surface area contributed by atoms with Crippen LogP contribution in [0.5, 0.6) is 0 Å². The predicted molar refractivity (Wildman–Crippen MR) is 59.3 cm³/mol. The first-order chi connectivity index (χ1) is 7.60. The zero-order valence-electron chi connectivity index (χ0n) is 8.75. The lowest BCUT2D eigenvalue weighted by Gasteiger charge is -2.15. The summed E-state index contributed by atoms with van der Waals surface area (Å²) in [5.74, 6) is 0. The van der Waals surface area contributed by atoms with Crippen molar-refractivity contribution in [3.8, 4) is 0 Å². The zero-order valence-corrected chi connectivity index (χ0v) is 9.57. The van der Waals surface area contributed by atoms with Crippen LogP contribution in [-0.4, -0.2) is 44.3 Å². The van der Waals surface area contributed by atoms with Crippen LogP contribution in [0.4, 0.5) is 0 Å². The van der Waals surface area contributed by atoms with Gasteiger partial charge < -0.3 is 20.3 Å². The average Bonchev–Trinajstić information content (AvgIpc) is 2.28. The predicted octanol–water partition coefficient (Wildman–Crippen LogP) is -0.732. The third-order valence-corrected chi connectivity index (χ3v) is 2.70. The summed E-state index contributed by atoms with van der Waals surface area (Å²) in [6.07, 6.45) is 0.489. The van der Waals surface area contributed by atoms with Crippen molar-refractivity contribution in [3.63, 3.8) is 0 Å². The molecule has 2 atom stereocenters. The van der Waals surface area contributed by atoms with Gasteiger partial charge >= 0.3 is 0 Å². The molecule has 1 rings (SSSR count). The molecule has 0 bridgehead atoms. The van der Waals surface area contributed by atoms with Gasteiger partial charge in [0.25, 0.3) is 5.56 Å². The minimum Gasteiger partial charge on any atom is -0.396 e. The van der Waals surface area contributed by atoms with Crippen molar-refractivity contribution < 1.29 is 15.3 Å². The van der Waals surface area contributed by atoms with Crippen LogP contribution in [0.25, 0.3) is 0 Å². The van der Waals surface area contributed by atoms with Crippen LogP contribution in [0.15, 0.2) is 16.1 Å². The Kier molecular flexibility index (Phi) is 4.94. The Morgan fingerprint density at radius 1 is 1.56 bits per heavy atom. The molecule has 0 radical (unpaired) electrons. The van der Waals surface area contributed by atoms with Crippen LogP contribution in [0.3, 0.4) is 0 Å². The number of nitrogens with zero attached hydrogens (tertiary/aromatic N) is 1. The standard InChI is InChI=1S/C9H14N2O4S/c1-16-9-10-4-5(8(15)11-9)7(14)6(13)2-3-12/h4,6-7,12-14H,2-3H2,1H3,(H,10,11,15). The molecule has 2 unspecified atom stereocenters. The number of aromatic nitrogens is 2. The highest BCUT2D eigenvalue weighted by Crippen LogP contribution is 2.15. The Hall–Kier alpha value is -0.890. The number of aromatic amines is 1. The third-order valence-electron chi connectivity index (χ3n) is 2.10. The van der Waals surface area contributed by atoms with Crippen LogP contribution in [-0.2, 0) is 0 Å². The van der Waals surface area contributed by atoms with Gasteiger partial charge in [0.2, 0.25) is 0 Å². The Bertz CT molecular complexity index is 395. The summed E-state index contributed by atoms with van der Waals surface area (Å²) >= 11 is 1.27. The smallest absolute Gasteiger partial charge is 0.257 e. The van der Waals surface area contributed by atoms with E-state index in [1.807, 2.05) is 0 Å². The minimum absolute atomic E-state index is 0.00116. The lowest BCUT2D eigenvalue weighted by molar-refractivity contribution is 0.00316. The quantitative estimate of drug-likeness (QED) is 0.403. The average molecular weight is 246 g/mol. The van der Waals surface area contributed by atoms with E-state index >= 15 is 0 Å². The van der Waals surface area contributed by atoms with Gasteiger partial charge in [0, 0.05) is 12.8 Å². The molecule has 0 saturated heterocycles. The molecule has 1 aromatic rings. The number of H-pyrrole nitrogens is 1. The van der Waals surface area contributed by atoms with Gasteiger partial charge in [0.1, 0.15) is 6.10 Å². The summed E-state index contributed by atoms with van der Waals surface area (Å²) in [7, 11) is 0. The molecule has 0 amide bonds. The number of rotatable bonds is 5. The van der Waals surface area contributed by atoms with Gasteiger partial charge in [0.15, 0.2) is 5.16 Å². The highest BCUT2D eigenvalue weighted by atomic mass is 32.2. The SMILES string of the molecule is CSc1ncc(C(O)C(O)CCO)c(=O)[nH]1. The van der Waals surface area contributed by atoms with E-state index in [1.165, 1.54) is 18.0 Å². The van der Waals surface area contributed by atoms with Crippen molar-refractivity contribution in [2.75, 3.05) is 12.9 Å². The van der Waals surface area contributed by atoms with E-state index in [9.17, 15) is 15.0 Å². The fourth-order valence-electron chi connectivity index (χ4n) is 1.20. The maximum Gasteiger partial charge on any atom is 0.257 e. The van der Waals surface area contributed by atoms with Crippen molar-refractivity contribution >= 4 is 11.8 Å². The highest BCUT2D eigenvalue weighted by Gasteiger charge is 2.21. The van der Waals surface area contributed by atoms with E-state index in [4.69, 9.17) is 5.11 Å². The summed E-state index contributed by atoms with van der Waals surface area (Å²) in [5.41, 5.74) is -0.484. The number of nitrogens with one attached hydrogen (secondary N) is 1. The van der Waals surface area contributed by atoms with Crippen molar-refractivity contribution in [2.24, 2.45) is 0 Å². The molecule has 4 N–H and O–H groups in total. The van der Waals surface area contributed by atoms with Gasteiger partial charge in [-0.25, -0.2) is 4.98 Å². The van der Waals surface area contributed by atoms with Crippen molar-refractivity contribution in [1.82, 2.24) is 9.97 Å². The second-order valence-corrected chi connectivity index (χ2v) is 4.00. The second-order valence-electron chi connectivity index (χ2n) is 3.20. The van der Waals surface area contributed by atoms with E-state index < -0.39 is 17.8 Å². The van der Waals surface area contributed by atoms with E-state index in [2.05, 4.69) is 9.97 Å². The molecule has 6 nitrogen and oxygen atoms in total. The van der Waals surface area contributed by atoms with Crippen LogP contribution < -0.4 is 5.56 Å². The molecule has 0 aromatic carbocycles. The Balaban J connectivity index is 2.91. The van der Waals surface area contributed by atoms with Crippen molar-refractivity contribution in [1.29, 1.82) is 0 Å². The molecule has 1 heterocycles. The molecule has 0 aliphatic rings. The topological polar surface area (TPSA) is 106 Å². The lowest BCUT2D eigenvalue weighted by atomic mass is 10.1. The second kappa shape index (κ2) is 6.00. The minimum atomic E-state index is -1.33. The van der Waals surface area contributed by atoms with Crippen molar-refractivity contribution in [2.45, 2.75) is 23.8 Å². The van der Waals surface area contributed by atoms with Crippen LogP contribution in [0.1, 0.15) is 18.1 Å². The summed E-state index contributed by atoms with van der Waals surface area (Å²) in [6.45, 7) is -0.257.